The number of nitrogens with one attached hydrogen (secondary N) is 1. The Bertz CT molecular complexity index is 501. The van der Waals surface area contributed by atoms with E-state index in [1.165, 1.54) is 0 Å². The summed E-state index contributed by atoms with van der Waals surface area (Å²) >= 11 is 0. The van der Waals surface area contributed by atoms with Gasteiger partial charge in [0.25, 0.3) is 5.91 Å². The molecule has 6 nitrogen and oxygen atoms in total. The van der Waals surface area contributed by atoms with E-state index in [0.29, 0.717) is 25.3 Å². The predicted molar refractivity (Wildman–Crippen MR) is 79.1 cm³/mol. The summed E-state index contributed by atoms with van der Waals surface area (Å²) in [5.41, 5.74) is 1.79. The molecule has 1 heterocycles. The van der Waals surface area contributed by atoms with Crippen molar-refractivity contribution in [2.75, 3.05) is 40.3 Å². The second kappa shape index (κ2) is 7.08. The van der Waals surface area contributed by atoms with Gasteiger partial charge in [-0.25, -0.2) is 4.79 Å². The zero-order valence-corrected chi connectivity index (χ0v) is 12.5. The Hall–Kier alpha value is -2.08. The van der Waals surface area contributed by atoms with E-state index in [9.17, 15) is 9.59 Å². The minimum absolute atomic E-state index is 0.0811. The number of likely N-dealkylation sites (N-methyl/N-ethyl adjacent to an activating group) is 1. The molecular weight excluding hydrogens is 270 g/mol. The molecule has 1 aromatic carbocycles. The van der Waals surface area contributed by atoms with E-state index >= 15 is 0 Å². The van der Waals surface area contributed by atoms with Crippen LogP contribution in [0.4, 0.5) is 4.79 Å². The average Bonchev–Trinajstić information content (AvgIpc) is 2.90. The number of benzene rings is 1. The molecule has 1 saturated heterocycles. The van der Waals surface area contributed by atoms with Gasteiger partial charge in [-0.3, -0.25) is 4.79 Å². The molecule has 1 aromatic rings. The molecule has 0 spiro atoms. The summed E-state index contributed by atoms with van der Waals surface area (Å²) in [5.74, 6) is -0.0811. The van der Waals surface area contributed by atoms with E-state index in [2.05, 4.69) is 10.2 Å². The molecule has 0 atom stereocenters. The SMILES string of the molecule is CNC(=O)c1ccc(CN(C)CCN2CCOC2=O)cc1. The molecule has 21 heavy (non-hydrogen) atoms. The molecule has 2 amide bonds. The fraction of sp³-hybridized carbons (Fsp3) is 0.467. The van der Waals surface area contributed by atoms with Crippen LogP contribution in [0.3, 0.4) is 0 Å². The van der Waals surface area contributed by atoms with E-state index in [0.717, 1.165) is 18.7 Å². The van der Waals surface area contributed by atoms with Gasteiger partial charge in [0, 0.05) is 32.2 Å². The van der Waals surface area contributed by atoms with Gasteiger partial charge in [-0.15, -0.1) is 0 Å². The molecule has 1 N–H and O–H groups in total. The first-order chi connectivity index (χ1) is 10.1. The third-order valence-electron chi connectivity index (χ3n) is 3.49. The molecule has 2 rings (SSSR count). The fourth-order valence-electron chi connectivity index (χ4n) is 2.22. The summed E-state index contributed by atoms with van der Waals surface area (Å²) in [7, 11) is 3.63. The number of hydrogen-bond donors (Lipinski definition) is 1. The Morgan fingerprint density at radius 3 is 2.67 bits per heavy atom. The first-order valence-corrected chi connectivity index (χ1v) is 7.01. The number of hydrogen-bond acceptors (Lipinski definition) is 4. The van der Waals surface area contributed by atoms with Crippen LogP contribution >= 0.6 is 0 Å². The van der Waals surface area contributed by atoms with E-state index in [1.54, 1.807) is 11.9 Å². The van der Waals surface area contributed by atoms with Crippen molar-refractivity contribution in [3.05, 3.63) is 35.4 Å². The lowest BCUT2D eigenvalue weighted by Crippen LogP contribution is -2.33. The van der Waals surface area contributed by atoms with Crippen LogP contribution in [0.1, 0.15) is 15.9 Å². The van der Waals surface area contributed by atoms with Gasteiger partial charge in [0.1, 0.15) is 6.61 Å². The minimum atomic E-state index is -0.224. The quantitative estimate of drug-likeness (QED) is 0.847. The molecular formula is C15H21N3O3. The van der Waals surface area contributed by atoms with Gasteiger partial charge in [-0.05, 0) is 24.7 Å². The van der Waals surface area contributed by atoms with Crippen LogP contribution < -0.4 is 5.32 Å². The van der Waals surface area contributed by atoms with Crippen LogP contribution in [-0.2, 0) is 11.3 Å². The van der Waals surface area contributed by atoms with Crippen LogP contribution in [-0.4, -0.2) is 62.1 Å². The lowest BCUT2D eigenvalue weighted by Gasteiger charge is -2.20. The van der Waals surface area contributed by atoms with Crippen LogP contribution in [0, 0.1) is 0 Å². The number of carbonyl (C=O) groups excluding carboxylic acids is 2. The fourth-order valence-corrected chi connectivity index (χ4v) is 2.22. The number of cyclic esters (lactones) is 1. The maximum atomic E-state index is 11.5. The lowest BCUT2D eigenvalue weighted by atomic mass is 10.1. The van der Waals surface area contributed by atoms with Crippen LogP contribution in [0.15, 0.2) is 24.3 Å². The predicted octanol–water partition coefficient (Wildman–Crippen LogP) is 0.930. The summed E-state index contributed by atoms with van der Waals surface area (Å²) in [6.45, 7) is 3.39. The molecule has 114 valence electrons. The Balaban J connectivity index is 1.80. The first-order valence-electron chi connectivity index (χ1n) is 7.01. The molecule has 0 radical (unpaired) electrons. The summed E-state index contributed by atoms with van der Waals surface area (Å²) in [6, 6.07) is 7.54. The van der Waals surface area contributed by atoms with Crippen molar-refractivity contribution in [3.8, 4) is 0 Å². The second-order valence-corrected chi connectivity index (χ2v) is 5.12. The molecule has 0 bridgehead atoms. The smallest absolute Gasteiger partial charge is 0.409 e. The van der Waals surface area contributed by atoms with Crippen molar-refractivity contribution in [2.24, 2.45) is 0 Å². The van der Waals surface area contributed by atoms with E-state index in [-0.39, 0.29) is 12.0 Å². The van der Waals surface area contributed by atoms with Gasteiger partial charge in [-0.1, -0.05) is 12.1 Å². The highest BCUT2D eigenvalue weighted by molar-refractivity contribution is 5.93. The topological polar surface area (TPSA) is 61.9 Å². The van der Waals surface area contributed by atoms with E-state index in [4.69, 9.17) is 4.74 Å². The van der Waals surface area contributed by atoms with E-state index < -0.39 is 0 Å². The molecule has 1 aliphatic rings. The second-order valence-electron chi connectivity index (χ2n) is 5.12. The zero-order chi connectivity index (χ0) is 15.2. The number of amides is 2. The maximum Gasteiger partial charge on any atom is 0.409 e. The van der Waals surface area contributed by atoms with Gasteiger partial charge in [0.05, 0.1) is 6.54 Å². The van der Waals surface area contributed by atoms with Crippen molar-refractivity contribution in [1.29, 1.82) is 0 Å². The highest BCUT2D eigenvalue weighted by Gasteiger charge is 2.21. The number of carbonyl (C=O) groups is 2. The van der Waals surface area contributed by atoms with Crippen molar-refractivity contribution < 1.29 is 14.3 Å². The maximum absolute atomic E-state index is 11.5. The molecule has 0 saturated carbocycles. The normalized spacial score (nSPS) is 14.4. The van der Waals surface area contributed by atoms with Gasteiger partial charge in [0.2, 0.25) is 0 Å². The molecule has 0 aromatic heterocycles. The third kappa shape index (κ3) is 4.19. The third-order valence-corrected chi connectivity index (χ3v) is 3.49. The molecule has 1 fully saturated rings. The van der Waals surface area contributed by atoms with Gasteiger partial charge >= 0.3 is 6.09 Å². The van der Waals surface area contributed by atoms with Gasteiger partial charge in [-0.2, -0.15) is 0 Å². The summed E-state index contributed by atoms with van der Waals surface area (Å²) < 4.78 is 4.89. The minimum Gasteiger partial charge on any atom is -0.448 e. The monoisotopic (exact) mass is 291 g/mol. The Morgan fingerprint density at radius 2 is 2.10 bits per heavy atom. The molecule has 0 unspecified atom stereocenters. The Morgan fingerprint density at radius 1 is 1.38 bits per heavy atom. The molecule has 6 heteroatoms. The number of rotatable bonds is 6. The lowest BCUT2D eigenvalue weighted by molar-refractivity contribution is 0.0963. The van der Waals surface area contributed by atoms with Crippen molar-refractivity contribution >= 4 is 12.0 Å². The highest BCUT2D eigenvalue weighted by Crippen LogP contribution is 2.08. The standard InChI is InChI=1S/C15H21N3O3/c1-16-14(19)13-5-3-12(4-6-13)11-17(2)7-8-18-9-10-21-15(18)20/h3-6H,7-11H2,1-2H3,(H,16,19). The summed E-state index contributed by atoms with van der Waals surface area (Å²) in [5, 5.41) is 2.60. The first kappa shape index (κ1) is 15.3. The van der Waals surface area contributed by atoms with Crippen molar-refractivity contribution in [3.63, 3.8) is 0 Å². The van der Waals surface area contributed by atoms with Crippen molar-refractivity contribution in [1.82, 2.24) is 15.1 Å². The van der Waals surface area contributed by atoms with Crippen LogP contribution in [0.5, 0.6) is 0 Å². The number of nitrogens with zero attached hydrogens (tertiary/aromatic N) is 2. The Labute approximate surface area is 124 Å². The number of ether oxygens (including phenoxy) is 1. The zero-order valence-electron chi connectivity index (χ0n) is 12.5. The largest absolute Gasteiger partial charge is 0.448 e. The average molecular weight is 291 g/mol. The van der Waals surface area contributed by atoms with Crippen LogP contribution in [0.2, 0.25) is 0 Å². The summed E-state index contributed by atoms with van der Waals surface area (Å²) in [4.78, 5) is 26.6. The summed E-state index contributed by atoms with van der Waals surface area (Å²) in [6.07, 6.45) is -0.224. The molecule has 1 aliphatic heterocycles. The molecule has 0 aliphatic carbocycles. The van der Waals surface area contributed by atoms with Crippen molar-refractivity contribution in [2.45, 2.75) is 6.54 Å². The van der Waals surface area contributed by atoms with Crippen LogP contribution in [0.25, 0.3) is 0 Å². The van der Waals surface area contributed by atoms with Gasteiger partial charge in [0.15, 0.2) is 0 Å². The highest BCUT2D eigenvalue weighted by atomic mass is 16.6. The van der Waals surface area contributed by atoms with Gasteiger partial charge < -0.3 is 19.9 Å². The Kier molecular flexibility index (Phi) is 5.16. The van der Waals surface area contributed by atoms with E-state index in [1.807, 2.05) is 31.3 Å².